The third-order valence-electron chi connectivity index (χ3n) is 5.06. The predicted molar refractivity (Wildman–Crippen MR) is 142 cm³/mol. The van der Waals surface area contributed by atoms with Crippen LogP contribution in [0.3, 0.4) is 0 Å². The van der Waals surface area contributed by atoms with Gasteiger partial charge in [-0.2, -0.15) is 0 Å². The lowest BCUT2D eigenvalue weighted by Crippen LogP contribution is -2.36. The Kier molecular flexibility index (Phi) is 11.0. The van der Waals surface area contributed by atoms with E-state index >= 15 is 0 Å². The van der Waals surface area contributed by atoms with Crippen LogP contribution in [0.25, 0.3) is 0 Å². The van der Waals surface area contributed by atoms with Crippen molar-refractivity contribution in [3.05, 3.63) is 90.0 Å². The molecule has 0 saturated heterocycles. The van der Waals surface area contributed by atoms with Crippen molar-refractivity contribution in [1.29, 1.82) is 0 Å². The molecule has 190 valence electrons. The van der Waals surface area contributed by atoms with E-state index in [2.05, 4.69) is 28.4 Å². The largest absolute Gasteiger partial charge is 0.508 e. The van der Waals surface area contributed by atoms with Crippen molar-refractivity contribution in [3.8, 4) is 11.5 Å². The molecule has 0 aliphatic rings. The minimum atomic E-state index is -3.34. The number of nitrogens with zero attached hydrogens (tertiary/aromatic N) is 1. The number of hydrogen-bond donors (Lipinski definition) is 3. The first-order valence-electron chi connectivity index (χ1n) is 11.4. The SMILES string of the molecule is C=C(C)/C=C\C(=C/C)CCN(Cc1cccc(O)c1)CC(O)COc1ccc(NS(C)(=O)=O)cc1. The van der Waals surface area contributed by atoms with Gasteiger partial charge in [0.15, 0.2) is 0 Å². The Morgan fingerprint density at radius 2 is 1.91 bits per heavy atom. The molecule has 0 aliphatic heterocycles. The zero-order valence-electron chi connectivity index (χ0n) is 20.6. The van der Waals surface area contributed by atoms with Crippen LogP contribution in [0.2, 0.25) is 0 Å². The van der Waals surface area contributed by atoms with Crippen molar-refractivity contribution in [3.63, 3.8) is 0 Å². The molecule has 0 fully saturated rings. The van der Waals surface area contributed by atoms with Crippen molar-refractivity contribution in [2.75, 3.05) is 30.7 Å². The topological polar surface area (TPSA) is 99.1 Å². The molecule has 7 nitrogen and oxygen atoms in total. The first kappa shape index (κ1) is 28.2. The Morgan fingerprint density at radius 3 is 2.51 bits per heavy atom. The van der Waals surface area contributed by atoms with E-state index in [1.54, 1.807) is 42.5 Å². The van der Waals surface area contributed by atoms with Crippen LogP contribution >= 0.6 is 0 Å². The summed E-state index contributed by atoms with van der Waals surface area (Å²) in [6.07, 6.45) is 7.23. The maximum atomic E-state index is 11.3. The molecule has 0 amide bonds. The summed E-state index contributed by atoms with van der Waals surface area (Å²) >= 11 is 0. The quantitative estimate of drug-likeness (QED) is 0.331. The summed E-state index contributed by atoms with van der Waals surface area (Å²) in [5.41, 5.74) is 3.54. The molecule has 0 aliphatic carbocycles. The van der Waals surface area contributed by atoms with Crippen LogP contribution in [0.4, 0.5) is 5.69 Å². The molecule has 3 N–H and O–H groups in total. The zero-order chi connectivity index (χ0) is 25.8. The fourth-order valence-electron chi connectivity index (χ4n) is 3.38. The molecule has 8 heteroatoms. The summed E-state index contributed by atoms with van der Waals surface area (Å²) in [5, 5.41) is 20.5. The summed E-state index contributed by atoms with van der Waals surface area (Å²) in [5.74, 6) is 0.738. The summed E-state index contributed by atoms with van der Waals surface area (Å²) in [7, 11) is -3.34. The second kappa shape index (κ2) is 13.7. The number of rotatable bonds is 14. The van der Waals surface area contributed by atoms with Gasteiger partial charge < -0.3 is 14.9 Å². The molecular weight excluding hydrogens is 464 g/mol. The number of aromatic hydroxyl groups is 1. The van der Waals surface area contributed by atoms with Crippen molar-refractivity contribution in [2.45, 2.75) is 32.9 Å². The van der Waals surface area contributed by atoms with Gasteiger partial charge >= 0.3 is 0 Å². The Labute approximate surface area is 209 Å². The molecule has 0 saturated carbocycles. The van der Waals surface area contributed by atoms with Crippen molar-refractivity contribution in [1.82, 2.24) is 4.90 Å². The van der Waals surface area contributed by atoms with Gasteiger partial charge in [-0.25, -0.2) is 8.42 Å². The Morgan fingerprint density at radius 1 is 1.20 bits per heavy atom. The van der Waals surface area contributed by atoms with Gasteiger partial charge in [0.05, 0.1) is 6.26 Å². The molecular formula is C27H36N2O5S. The number of sulfonamides is 1. The van der Waals surface area contributed by atoms with Crippen LogP contribution < -0.4 is 9.46 Å². The van der Waals surface area contributed by atoms with E-state index in [4.69, 9.17) is 4.74 Å². The second-order valence-electron chi connectivity index (χ2n) is 8.56. The highest BCUT2D eigenvalue weighted by Crippen LogP contribution is 2.18. The molecule has 2 aromatic carbocycles. The normalized spacial score (nSPS) is 13.2. The number of nitrogens with one attached hydrogen (secondary N) is 1. The fraction of sp³-hybridized carbons (Fsp3) is 0.333. The van der Waals surface area contributed by atoms with Gasteiger partial charge in [0.2, 0.25) is 10.0 Å². The summed E-state index contributed by atoms with van der Waals surface area (Å²) in [6.45, 7) is 9.59. The molecule has 0 aromatic heterocycles. The lowest BCUT2D eigenvalue weighted by molar-refractivity contribution is 0.0660. The molecule has 2 rings (SSSR count). The molecule has 35 heavy (non-hydrogen) atoms. The van der Waals surface area contributed by atoms with E-state index in [0.29, 0.717) is 31.1 Å². The molecule has 2 aromatic rings. The Balaban J connectivity index is 1.99. The highest BCUT2D eigenvalue weighted by atomic mass is 32.2. The van der Waals surface area contributed by atoms with Crippen LogP contribution in [-0.2, 0) is 16.6 Å². The van der Waals surface area contributed by atoms with Gasteiger partial charge in [-0.1, -0.05) is 48.1 Å². The van der Waals surface area contributed by atoms with E-state index in [1.807, 2.05) is 26.0 Å². The summed E-state index contributed by atoms with van der Waals surface area (Å²) in [4.78, 5) is 2.13. The van der Waals surface area contributed by atoms with E-state index in [1.165, 1.54) is 5.57 Å². The van der Waals surface area contributed by atoms with Gasteiger partial charge in [-0.3, -0.25) is 9.62 Å². The van der Waals surface area contributed by atoms with Crippen LogP contribution in [0.5, 0.6) is 11.5 Å². The van der Waals surface area contributed by atoms with Crippen molar-refractivity contribution in [2.24, 2.45) is 0 Å². The van der Waals surface area contributed by atoms with Gasteiger partial charge in [0.25, 0.3) is 0 Å². The first-order chi connectivity index (χ1) is 16.5. The third kappa shape index (κ3) is 11.8. The standard InChI is InChI=1S/C27H36N2O5S/c1-5-22(10-9-21(2)3)15-16-29(18-23-7-6-8-25(30)17-23)19-26(31)20-34-27-13-11-24(12-14-27)28-35(4,32)33/h5-14,17,26,28,30-31H,2,15-16,18-20H2,1,3-4H3/b10-9-,22-5+. The molecule has 0 heterocycles. The number of aliphatic hydroxyl groups is 1. The predicted octanol–water partition coefficient (Wildman–Crippen LogP) is 4.47. The average molecular weight is 501 g/mol. The van der Waals surface area contributed by atoms with E-state index in [-0.39, 0.29) is 12.4 Å². The minimum absolute atomic E-state index is 0.0847. The van der Waals surface area contributed by atoms with Gasteiger partial charge in [-0.05, 0) is 62.2 Å². The average Bonchev–Trinajstić information content (AvgIpc) is 2.77. The molecule has 0 bridgehead atoms. The monoisotopic (exact) mass is 500 g/mol. The lowest BCUT2D eigenvalue weighted by Gasteiger charge is -2.25. The summed E-state index contributed by atoms with van der Waals surface area (Å²) in [6, 6.07) is 13.6. The van der Waals surface area contributed by atoms with Crippen LogP contribution in [-0.4, -0.2) is 55.6 Å². The molecule has 1 atom stereocenters. The zero-order valence-corrected chi connectivity index (χ0v) is 21.5. The number of benzene rings is 2. The third-order valence-corrected chi connectivity index (χ3v) is 5.66. The van der Waals surface area contributed by atoms with Gasteiger partial charge in [-0.15, -0.1) is 0 Å². The highest BCUT2D eigenvalue weighted by molar-refractivity contribution is 7.92. The number of phenols is 1. The van der Waals surface area contributed by atoms with Crippen molar-refractivity contribution < 1.29 is 23.4 Å². The molecule has 1 unspecified atom stereocenters. The van der Waals surface area contributed by atoms with E-state index < -0.39 is 16.1 Å². The number of phenolic OH excluding ortho intramolecular Hbond substituents is 1. The number of allylic oxidation sites excluding steroid dienone is 4. The number of anilines is 1. The molecule has 0 radical (unpaired) electrons. The van der Waals surface area contributed by atoms with E-state index in [0.717, 1.165) is 23.8 Å². The highest BCUT2D eigenvalue weighted by Gasteiger charge is 2.14. The summed E-state index contributed by atoms with van der Waals surface area (Å²) < 4.78 is 30.8. The first-order valence-corrected chi connectivity index (χ1v) is 13.3. The number of hydrogen-bond acceptors (Lipinski definition) is 6. The number of ether oxygens (including phenoxy) is 1. The smallest absolute Gasteiger partial charge is 0.229 e. The lowest BCUT2D eigenvalue weighted by atomic mass is 10.1. The maximum Gasteiger partial charge on any atom is 0.229 e. The van der Waals surface area contributed by atoms with Crippen LogP contribution in [0, 0.1) is 0 Å². The molecule has 0 spiro atoms. The fourth-order valence-corrected chi connectivity index (χ4v) is 3.95. The Bertz CT molecular complexity index is 1120. The second-order valence-corrected chi connectivity index (χ2v) is 10.3. The van der Waals surface area contributed by atoms with Gasteiger partial charge in [0, 0.05) is 25.3 Å². The number of aliphatic hydroxyl groups excluding tert-OH is 1. The van der Waals surface area contributed by atoms with Crippen molar-refractivity contribution >= 4 is 15.7 Å². The van der Waals surface area contributed by atoms with E-state index in [9.17, 15) is 18.6 Å². The van der Waals surface area contributed by atoms with Crippen LogP contribution in [0.15, 0.2) is 84.5 Å². The van der Waals surface area contributed by atoms with Gasteiger partial charge in [0.1, 0.15) is 24.2 Å². The maximum absolute atomic E-state index is 11.3. The Hall–Kier alpha value is -3.07. The van der Waals surface area contributed by atoms with Crippen LogP contribution in [0.1, 0.15) is 25.8 Å². The minimum Gasteiger partial charge on any atom is -0.508 e.